The highest BCUT2D eigenvalue weighted by Crippen LogP contribution is 2.44. The van der Waals surface area contributed by atoms with Crippen molar-refractivity contribution in [3.8, 4) is 40.0 Å². The summed E-state index contributed by atoms with van der Waals surface area (Å²) >= 11 is 0. The number of pyridine rings is 1. The molecule has 40 heavy (non-hydrogen) atoms. The number of methoxy groups -OCH3 is 3. The lowest BCUT2D eigenvalue weighted by atomic mass is 9.88. The Morgan fingerprint density at radius 2 is 1.50 bits per heavy atom. The maximum Gasteiger partial charge on any atom is 0.231 e. The zero-order valence-corrected chi connectivity index (χ0v) is 24.9. The Hall–Kier alpha value is -3.72. The number of fused-ring (bicyclic) bond motifs is 6. The first-order valence-electron chi connectivity index (χ1n) is 13.3. The Kier molecular flexibility index (Phi) is 7.08. The molecule has 0 fully saturated rings. The van der Waals surface area contributed by atoms with Gasteiger partial charge in [-0.2, -0.15) is 4.57 Å². The monoisotopic (exact) mass is 647 g/mol. The molecule has 2 aliphatic heterocycles. The Bertz CT molecular complexity index is 1770. The van der Waals surface area contributed by atoms with E-state index in [0.29, 0.717) is 0 Å². The van der Waals surface area contributed by atoms with Crippen LogP contribution in [0.5, 0.6) is 28.7 Å². The van der Waals surface area contributed by atoms with Crippen LogP contribution >= 0.6 is 0 Å². The molecule has 0 radical (unpaired) electrons. The molecule has 0 unspecified atom stereocenters. The number of rotatable bonds is 6. The minimum Gasteiger partial charge on any atom is -1.00 e. The average molecular weight is 648 g/mol. The topological polar surface area (TPSA) is 50.0 Å². The summed E-state index contributed by atoms with van der Waals surface area (Å²) in [4.78, 5) is 0. The van der Waals surface area contributed by atoms with E-state index in [9.17, 15) is 0 Å². The first-order valence-corrected chi connectivity index (χ1v) is 13.3. The number of ether oxygens (including phenoxy) is 5. The van der Waals surface area contributed by atoms with E-state index < -0.39 is 0 Å². The Balaban J connectivity index is 0.00000289. The van der Waals surface area contributed by atoms with Crippen LogP contribution in [0.4, 0.5) is 0 Å². The lowest BCUT2D eigenvalue weighted by Gasteiger charge is -2.21. The molecule has 0 N–H and O–H groups in total. The van der Waals surface area contributed by atoms with E-state index in [1.165, 1.54) is 38.7 Å². The van der Waals surface area contributed by atoms with E-state index in [4.69, 9.17) is 23.7 Å². The van der Waals surface area contributed by atoms with Gasteiger partial charge in [0.05, 0.1) is 32.3 Å². The van der Waals surface area contributed by atoms with Crippen molar-refractivity contribution in [3.05, 3.63) is 83.6 Å². The molecule has 0 aliphatic carbocycles. The summed E-state index contributed by atoms with van der Waals surface area (Å²) in [5.74, 6) is 4.03. The number of hydrogen-bond acceptors (Lipinski definition) is 5. The highest BCUT2D eigenvalue weighted by Gasteiger charge is 2.32. The lowest BCUT2D eigenvalue weighted by molar-refractivity contribution is -0.686. The van der Waals surface area contributed by atoms with Crippen molar-refractivity contribution < 1.29 is 52.2 Å². The van der Waals surface area contributed by atoms with E-state index in [2.05, 4.69) is 65.4 Å². The highest BCUT2D eigenvalue weighted by atomic mass is 127. The molecule has 7 rings (SSSR count). The molecule has 0 saturated carbocycles. The summed E-state index contributed by atoms with van der Waals surface area (Å²) < 4.78 is 31.1. The van der Waals surface area contributed by atoms with Crippen molar-refractivity contribution in [1.82, 2.24) is 0 Å². The quantitative estimate of drug-likeness (QED) is 0.210. The molecule has 0 bridgehead atoms. The van der Waals surface area contributed by atoms with E-state index in [1.807, 2.05) is 6.07 Å². The molecule has 0 amide bonds. The van der Waals surface area contributed by atoms with Crippen molar-refractivity contribution in [1.29, 1.82) is 0 Å². The van der Waals surface area contributed by atoms with Crippen molar-refractivity contribution >= 4 is 21.5 Å². The zero-order chi connectivity index (χ0) is 26.5. The number of nitrogens with zero attached hydrogens (tertiary/aromatic N) is 1. The van der Waals surface area contributed by atoms with Crippen molar-refractivity contribution in [2.24, 2.45) is 0 Å². The van der Waals surface area contributed by atoms with E-state index in [0.717, 1.165) is 65.3 Å². The Morgan fingerprint density at radius 3 is 2.27 bits per heavy atom. The van der Waals surface area contributed by atoms with Gasteiger partial charge in [0.15, 0.2) is 35.7 Å². The smallest absolute Gasteiger partial charge is 0.231 e. The van der Waals surface area contributed by atoms with Crippen LogP contribution < -0.4 is 52.2 Å². The van der Waals surface area contributed by atoms with Gasteiger partial charge in [-0.15, -0.1) is 0 Å². The standard InChI is InChI=1S/C33H30NO5.HI/c1-35-28-12-9-20(22-6-4-5-7-24(22)28)8-10-25-23-11-13-29(36-2)33(37-3)27(23)18-34-15-14-21-16-30-31(39-19-38-30)17-26(21)32(25)34;/h4-7,9,11-13,16-18H,8,10,14-15,19H2,1-3H3;1H/q+1;/p-1. The minimum absolute atomic E-state index is 0. The van der Waals surface area contributed by atoms with Gasteiger partial charge in [-0.3, -0.25) is 0 Å². The molecule has 204 valence electrons. The Morgan fingerprint density at radius 1 is 0.750 bits per heavy atom. The molecule has 2 aliphatic rings. The van der Waals surface area contributed by atoms with Crippen LogP contribution in [0.15, 0.2) is 66.9 Å². The fourth-order valence-electron chi connectivity index (χ4n) is 6.25. The van der Waals surface area contributed by atoms with E-state index >= 15 is 0 Å². The number of benzene rings is 4. The van der Waals surface area contributed by atoms with Gasteiger partial charge >= 0.3 is 0 Å². The number of hydrogen-bond donors (Lipinski definition) is 0. The summed E-state index contributed by atoms with van der Waals surface area (Å²) in [5.41, 5.74) is 6.30. The maximum absolute atomic E-state index is 5.88. The zero-order valence-electron chi connectivity index (χ0n) is 22.8. The van der Waals surface area contributed by atoms with Crippen molar-refractivity contribution in [2.75, 3.05) is 28.1 Å². The van der Waals surface area contributed by atoms with Crippen LogP contribution in [0.25, 0.3) is 32.8 Å². The number of aryl methyl sites for hydroxylation is 4. The van der Waals surface area contributed by atoms with Gasteiger partial charge < -0.3 is 47.7 Å². The molecule has 4 aromatic carbocycles. The van der Waals surface area contributed by atoms with Gasteiger partial charge in [0.1, 0.15) is 5.75 Å². The third-order valence-electron chi connectivity index (χ3n) is 8.08. The van der Waals surface area contributed by atoms with Gasteiger partial charge in [-0.05, 0) is 59.7 Å². The molecule has 6 nitrogen and oxygen atoms in total. The van der Waals surface area contributed by atoms with E-state index in [-0.39, 0.29) is 30.8 Å². The predicted octanol–water partition coefficient (Wildman–Crippen LogP) is 3.05. The summed E-state index contributed by atoms with van der Waals surface area (Å²) in [6.07, 6.45) is 4.87. The second kappa shape index (κ2) is 10.7. The largest absolute Gasteiger partial charge is 1.00 e. The first-order chi connectivity index (χ1) is 19.2. The maximum atomic E-state index is 5.88. The summed E-state index contributed by atoms with van der Waals surface area (Å²) in [7, 11) is 5.12. The molecule has 5 aromatic rings. The number of halogens is 1. The van der Waals surface area contributed by atoms with Gasteiger partial charge in [0, 0.05) is 22.8 Å². The van der Waals surface area contributed by atoms with Gasteiger partial charge in [0.25, 0.3) is 0 Å². The van der Waals surface area contributed by atoms with Crippen LogP contribution in [-0.2, 0) is 25.8 Å². The fourth-order valence-corrected chi connectivity index (χ4v) is 6.25. The molecule has 1 aromatic heterocycles. The average Bonchev–Trinajstić information content (AvgIpc) is 3.44. The summed E-state index contributed by atoms with van der Waals surface area (Å²) in [5, 5.41) is 4.58. The van der Waals surface area contributed by atoms with Gasteiger partial charge in [-0.25, -0.2) is 0 Å². The summed E-state index contributed by atoms with van der Waals surface area (Å²) in [6, 6.07) is 21.2. The predicted molar refractivity (Wildman–Crippen MR) is 150 cm³/mol. The molecule has 3 heterocycles. The SMILES string of the molecule is COc1ccc2c(CCc3ccc(OC)c4ccccc34)c3[n+](cc2c1OC)CCc1cc2c(cc1-3)OCO2.[I-]. The van der Waals surface area contributed by atoms with Crippen LogP contribution in [0.3, 0.4) is 0 Å². The third-order valence-corrected chi connectivity index (χ3v) is 8.08. The van der Waals surface area contributed by atoms with Crippen LogP contribution in [-0.4, -0.2) is 28.1 Å². The van der Waals surface area contributed by atoms with Crippen LogP contribution in [0.2, 0.25) is 0 Å². The van der Waals surface area contributed by atoms with Gasteiger partial charge in [0.2, 0.25) is 12.5 Å². The van der Waals surface area contributed by atoms with Crippen LogP contribution in [0, 0.1) is 0 Å². The highest BCUT2D eigenvalue weighted by molar-refractivity contribution is 5.95. The van der Waals surface area contributed by atoms with Crippen LogP contribution in [0.1, 0.15) is 16.7 Å². The summed E-state index contributed by atoms with van der Waals surface area (Å²) in [6.45, 7) is 1.14. The molecule has 7 heteroatoms. The molecular weight excluding hydrogens is 617 g/mol. The minimum atomic E-state index is 0. The fraction of sp³-hybridized carbons (Fsp3) is 0.242. The van der Waals surface area contributed by atoms with Crippen molar-refractivity contribution in [3.63, 3.8) is 0 Å². The molecule has 0 atom stereocenters. The second-order valence-electron chi connectivity index (χ2n) is 10.00. The van der Waals surface area contributed by atoms with E-state index in [1.54, 1.807) is 21.3 Å². The first kappa shape index (κ1) is 26.5. The third kappa shape index (κ3) is 4.18. The second-order valence-corrected chi connectivity index (χ2v) is 10.00. The number of aromatic nitrogens is 1. The lowest BCUT2D eigenvalue weighted by Crippen LogP contribution is -3.00. The van der Waals surface area contributed by atoms with Gasteiger partial charge in [-0.1, -0.05) is 30.3 Å². The normalized spacial score (nSPS) is 13.0. The molecular formula is C33H30INO5. The Labute approximate surface area is 250 Å². The molecule has 0 spiro atoms. The van der Waals surface area contributed by atoms with Crippen molar-refractivity contribution in [2.45, 2.75) is 25.8 Å². The molecule has 0 saturated heterocycles.